The van der Waals surface area contributed by atoms with Crippen molar-refractivity contribution in [2.45, 2.75) is 38.0 Å². The topological polar surface area (TPSA) is 41.6 Å². The number of amides is 1. The largest absolute Gasteiger partial charge is 0.379 e. The molecule has 3 rings (SSSR count). The van der Waals surface area contributed by atoms with Crippen LogP contribution in [0.4, 0.5) is 0 Å². The van der Waals surface area contributed by atoms with E-state index in [4.69, 9.17) is 16.3 Å². The first kappa shape index (κ1) is 13.9. The number of hydrogen-bond acceptors (Lipinski definition) is 3. The Hall–Kier alpha value is -1.10. The normalized spacial score (nSPS) is 30.8. The van der Waals surface area contributed by atoms with Crippen LogP contribution >= 0.6 is 11.6 Å². The summed E-state index contributed by atoms with van der Waals surface area (Å²) in [4.78, 5) is 14.4. The maximum atomic E-state index is 12.4. The lowest BCUT2D eigenvalue weighted by molar-refractivity contribution is -0.135. The van der Waals surface area contributed by atoms with Crippen molar-refractivity contribution in [1.82, 2.24) is 10.2 Å². The van der Waals surface area contributed by atoms with E-state index >= 15 is 0 Å². The molecule has 4 nitrogen and oxygen atoms in total. The van der Waals surface area contributed by atoms with E-state index in [0.717, 1.165) is 25.0 Å². The van der Waals surface area contributed by atoms with Gasteiger partial charge >= 0.3 is 0 Å². The highest BCUT2D eigenvalue weighted by Crippen LogP contribution is 2.31. The van der Waals surface area contributed by atoms with Crippen molar-refractivity contribution in [3.05, 3.63) is 34.9 Å². The molecule has 1 aromatic rings. The van der Waals surface area contributed by atoms with Gasteiger partial charge in [-0.3, -0.25) is 10.1 Å². The van der Waals surface area contributed by atoms with E-state index in [1.807, 2.05) is 36.1 Å². The molecule has 0 saturated carbocycles. The van der Waals surface area contributed by atoms with Gasteiger partial charge < -0.3 is 9.64 Å². The Balaban J connectivity index is 1.89. The molecular weight excluding hydrogens is 276 g/mol. The average Bonchev–Trinajstić information content (AvgIpc) is 2.76. The molecule has 108 valence electrons. The van der Waals surface area contributed by atoms with E-state index in [1.54, 1.807) is 0 Å². The third-order valence-corrected chi connectivity index (χ3v) is 4.24. The first-order valence-electron chi connectivity index (χ1n) is 7.08. The van der Waals surface area contributed by atoms with E-state index in [2.05, 4.69) is 5.32 Å². The number of hydrogen-bond donors (Lipinski definition) is 1. The average molecular weight is 295 g/mol. The Morgan fingerprint density at radius 3 is 3.00 bits per heavy atom. The van der Waals surface area contributed by atoms with Crippen LogP contribution in [0, 0.1) is 0 Å². The number of nitrogens with one attached hydrogen (secondary N) is 1. The van der Waals surface area contributed by atoms with Gasteiger partial charge in [-0.1, -0.05) is 23.7 Å². The van der Waals surface area contributed by atoms with Gasteiger partial charge in [0.25, 0.3) is 0 Å². The molecule has 3 atom stereocenters. The lowest BCUT2D eigenvalue weighted by atomic mass is 10.1. The number of halogens is 1. The fraction of sp³-hybridized carbons (Fsp3) is 0.533. The Morgan fingerprint density at radius 2 is 2.30 bits per heavy atom. The smallest absolute Gasteiger partial charge is 0.241 e. The molecule has 1 aromatic carbocycles. The summed E-state index contributed by atoms with van der Waals surface area (Å²) in [6.07, 6.45) is 1.89. The molecule has 20 heavy (non-hydrogen) atoms. The highest BCUT2D eigenvalue weighted by molar-refractivity contribution is 6.30. The summed E-state index contributed by atoms with van der Waals surface area (Å²) < 4.78 is 5.54. The van der Waals surface area contributed by atoms with Gasteiger partial charge in [-0.25, -0.2) is 0 Å². The van der Waals surface area contributed by atoms with E-state index in [9.17, 15) is 4.79 Å². The molecule has 2 aliphatic rings. The Bertz CT molecular complexity index is 502. The monoisotopic (exact) mass is 294 g/mol. The number of benzene rings is 1. The molecule has 0 aliphatic carbocycles. The first-order valence-corrected chi connectivity index (χ1v) is 7.46. The second-order valence-corrected chi connectivity index (χ2v) is 5.90. The van der Waals surface area contributed by atoms with Crippen molar-refractivity contribution < 1.29 is 9.53 Å². The van der Waals surface area contributed by atoms with Crippen LogP contribution in [0.15, 0.2) is 24.3 Å². The van der Waals surface area contributed by atoms with Crippen LogP contribution in [0.5, 0.6) is 0 Å². The van der Waals surface area contributed by atoms with Gasteiger partial charge in [0.2, 0.25) is 5.91 Å². The van der Waals surface area contributed by atoms with Crippen molar-refractivity contribution in [3.63, 3.8) is 0 Å². The van der Waals surface area contributed by atoms with Gasteiger partial charge in [-0.15, -0.1) is 0 Å². The van der Waals surface area contributed by atoms with Crippen LogP contribution < -0.4 is 5.32 Å². The third kappa shape index (κ3) is 2.55. The highest BCUT2D eigenvalue weighted by atomic mass is 35.5. The molecule has 2 fully saturated rings. The zero-order valence-corrected chi connectivity index (χ0v) is 12.3. The zero-order chi connectivity index (χ0) is 14.1. The fourth-order valence-electron chi connectivity index (χ4n) is 3.01. The van der Waals surface area contributed by atoms with Crippen molar-refractivity contribution in [3.8, 4) is 0 Å². The number of nitrogens with zero attached hydrogens (tertiary/aromatic N) is 1. The van der Waals surface area contributed by atoms with Crippen LogP contribution in [0.1, 0.15) is 31.5 Å². The molecule has 5 heteroatoms. The minimum atomic E-state index is -0.166. The zero-order valence-electron chi connectivity index (χ0n) is 11.5. The maximum Gasteiger partial charge on any atom is 0.241 e. The minimum Gasteiger partial charge on any atom is -0.379 e. The summed E-state index contributed by atoms with van der Waals surface area (Å²) in [5.41, 5.74) is 1.03. The van der Waals surface area contributed by atoms with Crippen LogP contribution in [0.25, 0.3) is 0 Å². The molecule has 2 aliphatic heterocycles. The lowest BCUT2D eigenvalue weighted by Gasteiger charge is -2.35. The molecule has 0 bridgehead atoms. The summed E-state index contributed by atoms with van der Waals surface area (Å²) in [7, 11) is 0. The number of carbonyl (C=O) groups is 1. The van der Waals surface area contributed by atoms with E-state index in [0.29, 0.717) is 11.6 Å². The second-order valence-electron chi connectivity index (χ2n) is 5.46. The molecule has 3 unspecified atom stereocenters. The van der Waals surface area contributed by atoms with Gasteiger partial charge in [0, 0.05) is 11.6 Å². The molecule has 0 spiro atoms. The summed E-state index contributed by atoms with van der Waals surface area (Å²) in [5.74, 6) is 0.144. The van der Waals surface area contributed by atoms with Crippen molar-refractivity contribution in [2.75, 3.05) is 13.2 Å². The Kier molecular flexibility index (Phi) is 3.96. The molecule has 1 amide bonds. The summed E-state index contributed by atoms with van der Waals surface area (Å²) in [6, 6.07) is 7.67. The van der Waals surface area contributed by atoms with Gasteiger partial charge in [-0.05, 0) is 37.5 Å². The van der Waals surface area contributed by atoms with Crippen LogP contribution in [-0.2, 0) is 9.53 Å². The van der Waals surface area contributed by atoms with Gasteiger partial charge in [-0.2, -0.15) is 0 Å². The van der Waals surface area contributed by atoms with E-state index in [1.165, 1.54) is 0 Å². The van der Waals surface area contributed by atoms with Crippen molar-refractivity contribution >= 4 is 17.5 Å². The Morgan fingerprint density at radius 1 is 1.45 bits per heavy atom. The quantitative estimate of drug-likeness (QED) is 0.910. The van der Waals surface area contributed by atoms with E-state index < -0.39 is 0 Å². The number of carbonyl (C=O) groups excluding carboxylic acids is 1. The Labute approximate surface area is 124 Å². The molecule has 2 heterocycles. The molecular formula is C15H19ClN2O2. The van der Waals surface area contributed by atoms with Crippen LogP contribution in [0.3, 0.4) is 0 Å². The van der Waals surface area contributed by atoms with Crippen LogP contribution in [-0.4, -0.2) is 36.1 Å². The van der Waals surface area contributed by atoms with Gasteiger partial charge in [0.15, 0.2) is 0 Å². The minimum absolute atomic E-state index is 0.108. The summed E-state index contributed by atoms with van der Waals surface area (Å²) in [5, 5.41) is 4.05. The lowest BCUT2D eigenvalue weighted by Crippen LogP contribution is -2.44. The summed E-state index contributed by atoms with van der Waals surface area (Å²) in [6.45, 7) is 3.32. The van der Waals surface area contributed by atoms with Gasteiger partial charge in [0.1, 0.15) is 6.17 Å². The van der Waals surface area contributed by atoms with Crippen molar-refractivity contribution in [1.29, 1.82) is 0 Å². The molecule has 2 saturated heterocycles. The van der Waals surface area contributed by atoms with Crippen LogP contribution in [0.2, 0.25) is 5.02 Å². The highest BCUT2D eigenvalue weighted by Gasteiger charge is 2.41. The number of ether oxygens (including phenoxy) is 1. The fourth-order valence-corrected chi connectivity index (χ4v) is 3.21. The maximum absolute atomic E-state index is 12.4. The molecule has 0 radical (unpaired) electrons. The summed E-state index contributed by atoms with van der Waals surface area (Å²) >= 11 is 6.07. The van der Waals surface area contributed by atoms with Gasteiger partial charge in [0.05, 0.1) is 18.7 Å². The SMILES string of the molecule is CC1NC(c2cccc(Cl)c2)N(C2CCCOC2)C1=O. The molecule has 1 N–H and O–H groups in total. The van der Waals surface area contributed by atoms with E-state index in [-0.39, 0.29) is 24.2 Å². The molecule has 0 aromatic heterocycles. The number of rotatable bonds is 2. The first-order chi connectivity index (χ1) is 9.66. The predicted molar refractivity (Wildman–Crippen MR) is 77.5 cm³/mol. The standard InChI is InChI=1S/C15H19ClN2O2/c1-10-15(19)18(13-6-3-7-20-9-13)14(17-10)11-4-2-5-12(16)8-11/h2,4-5,8,10,13-14,17H,3,6-7,9H2,1H3. The second kappa shape index (κ2) is 5.72. The van der Waals surface area contributed by atoms with Crippen molar-refractivity contribution in [2.24, 2.45) is 0 Å². The third-order valence-electron chi connectivity index (χ3n) is 4.01. The predicted octanol–water partition coefficient (Wildman–Crippen LogP) is 2.34.